The van der Waals surface area contributed by atoms with E-state index in [4.69, 9.17) is 0 Å². The van der Waals surface area contributed by atoms with Gasteiger partial charge in [0.1, 0.15) is 5.92 Å². The van der Waals surface area contributed by atoms with Crippen molar-refractivity contribution in [3.63, 3.8) is 0 Å². The van der Waals surface area contributed by atoms with Crippen LogP contribution in [0.5, 0.6) is 0 Å². The first-order chi connectivity index (χ1) is 21.5. The minimum Gasteiger partial charge on any atom is -0.478 e. The van der Waals surface area contributed by atoms with Gasteiger partial charge in [0.2, 0.25) is 0 Å². The van der Waals surface area contributed by atoms with Crippen molar-refractivity contribution >= 4 is 68.8 Å². The molecule has 0 saturated heterocycles. The molecule has 13 nitrogen and oxygen atoms in total. The summed E-state index contributed by atoms with van der Waals surface area (Å²) in [5.74, 6) is -6.16. The Morgan fingerprint density at radius 2 is 1.49 bits per heavy atom. The molecule has 1 aliphatic heterocycles. The molecule has 45 heavy (non-hydrogen) atoms. The quantitative estimate of drug-likeness (QED) is 0.153. The number of non-ortho nitro benzene ring substituents is 2. The molecule has 13 heteroatoms. The number of ketones is 2. The Labute approximate surface area is 250 Å². The van der Waals surface area contributed by atoms with Crippen LogP contribution in [0, 0.1) is 20.2 Å². The Morgan fingerprint density at radius 3 is 2.18 bits per heavy atom. The minimum atomic E-state index is -1.57. The fourth-order valence-corrected chi connectivity index (χ4v) is 6.51. The third-order valence-corrected chi connectivity index (χ3v) is 8.41. The molecule has 1 atom stereocenters. The number of Topliss-reactive ketones (excluding diaryl/α,β-unsaturated/α-hetero) is 2. The van der Waals surface area contributed by atoms with E-state index in [1.165, 1.54) is 42.5 Å². The van der Waals surface area contributed by atoms with Gasteiger partial charge in [0.25, 0.3) is 23.2 Å². The number of nitro groups is 2. The van der Waals surface area contributed by atoms with Gasteiger partial charge in [-0.2, -0.15) is 0 Å². The van der Waals surface area contributed by atoms with Crippen molar-refractivity contribution in [1.29, 1.82) is 0 Å². The third-order valence-electron chi connectivity index (χ3n) is 8.41. The van der Waals surface area contributed by atoms with Gasteiger partial charge in [0.15, 0.2) is 11.6 Å². The molecule has 1 N–H and O–H groups in total. The van der Waals surface area contributed by atoms with E-state index in [9.17, 15) is 49.3 Å². The van der Waals surface area contributed by atoms with Crippen molar-refractivity contribution in [3.05, 3.63) is 119 Å². The molecule has 7 rings (SSSR count). The fourth-order valence-electron chi connectivity index (χ4n) is 6.51. The van der Waals surface area contributed by atoms with Crippen molar-refractivity contribution in [3.8, 4) is 0 Å². The Bertz CT molecular complexity index is 2280. The first-order valence-corrected chi connectivity index (χ1v) is 13.6. The van der Waals surface area contributed by atoms with E-state index in [1.54, 1.807) is 6.08 Å². The Kier molecular flexibility index (Phi) is 5.84. The average molecular weight is 603 g/mol. The lowest BCUT2D eigenvalue weighted by atomic mass is 9.76. The molecule has 0 fully saturated rings. The number of nitro benzene ring substituents is 2. The maximum Gasteiger partial charge on any atom is 0.335 e. The smallest absolute Gasteiger partial charge is 0.335 e. The summed E-state index contributed by atoms with van der Waals surface area (Å²) in [7, 11) is 0. The van der Waals surface area contributed by atoms with Crippen molar-refractivity contribution in [2.45, 2.75) is 18.8 Å². The number of amides is 2. The molecule has 2 amide bonds. The van der Waals surface area contributed by atoms with Crippen LogP contribution < -0.4 is 15.3 Å². The maximum absolute atomic E-state index is 13.8. The zero-order valence-electron chi connectivity index (χ0n) is 22.8. The van der Waals surface area contributed by atoms with Crippen LogP contribution in [0.4, 0.5) is 17.1 Å². The summed E-state index contributed by atoms with van der Waals surface area (Å²) in [5, 5.41) is 33.7. The monoisotopic (exact) mass is 603 g/mol. The number of carbonyl (C=O) groups is 5. The standard InChI is InChI=1S/C32H17N3O10/c36-28-19-5-1-3-17-23(34(42)43)9-7-20(26(17)19)29(37)25(28)14-11-15(32(40)41)13-16(12-14)33-30(38)21-6-2-4-18-24(35(44)45)10-8-22(27(18)21)31(33)39/h1,3-5,7-13,25H,2,6H2,(H,40,41). The Morgan fingerprint density at radius 1 is 0.822 bits per heavy atom. The molecule has 1 heterocycles. The second-order valence-corrected chi connectivity index (χ2v) is 10.7. The molecule has 0 saturated carbocycles. The summed E-state index contributed by atoms with van der Waals surface area (Å²) in [6.45, 7) is 0. The van der Waals surface area contributed by atoms with Crippen LogP contribution in [0.3, 0.4) is 0 Å². The van der Waals surface area contributed by atoms with Gasteiger partial charge >= 0.3 is 5.97 Å². The molecule has 4 aromatic carbocycles. The number of rotatable bonds is 5. The van der Waals surface area contributed by atoms with Gasteiger partial charge in [0, 0.05) is 45.0 Å². The number of hydrogen-bond acceptors (Lipinski definition) is 9. The van der Waals surface area contributed by atoms with Crippen molar-refractivity contribution < 1.29 is 38.9 Å². The highest BCUT2D eigenvalue weighted by Gasteiger charge is 2.41. The molecule has 3 aliphatic rings. The predicted octanol–water partition coefficient (Wildman–Crippen LogP) is 3.43. The molecule has 0 radical (unpaired) electrons. The van der Waals surface area contributed by atoms with Gasteiger partial charge in [0.05, 0.1) is 31.7 Å². The van der Waals surface area contributed by atoms with Gasteiger partial charge in [-0.25, -0.2) is 9.69 Å². The number of aromatic carboxylic acids is 1. The van der Waals surface area contributed by atoms with E-state index >= 15 is 0 Å². The molecular weight excluding hydrogens is 586 g/mol. The molecular formula is C32H17N3O10. The van der Waals surface area contributed by atoms with Crippen LogP contribution in [-0.4, -0.2) is 44.3 Å². The second-order valence-electron chi connectivity index (χ2n) is 10.7. The second kappa shape index (κ2) is 9.57. The summed E-state index contributed by atoms with van der Waals surface area (Å²) in [6, 6.07) is 12.5. The molecule has 1 unspecified atom stereocenters. The summed E-state index contributed by atoms with van der Waals surface area (Å²) in [6.07, 6.45) is 2.05. The van der Waals surface area contributed by atoms with Gasteiger partial charge < -0.3 is 5.11 Å². The van der Waals surface area contributed by atoms with E-state index in [0.29, 0.717) is 0 Å². The van der Waals surface area contributed by atoms with Gasteiger partial charge in [-0.3, -0.25) is 39.4 Å². The number of nitrogens with zero attached hydrogens (tertiary/aromatic N) is 3. The van der Waals surface area contributed by atoms with Crippen LogP contribution in [0.15, 0.2) is 60.7 Å². The van der Waals surface area contributed by atoms with E-state index < -0.39 is 50.7 Å². The number of benzene rings is 4. The fraction of sp³-hybridized carbons (Fsp3) is 0.0938. The lowest BCUT2D eigenvalue weighted by Crippen LogP contribution is -2.51. The number of carboxylic acids is 1. The average Bonchev–Trinajstić information content (AvgIpc) is 3.01. The van der Waals surface area contributed by atoms with Gasteiger partial charge in [-0.15, -0.1) is 0 Å². The van der Waals surface area contributed by atoms with E-state index in [0.717, 1.165) is 23.1 Å². The van der Waals surface area contributed by atoms with Crippen molar-refractivity contribution in [2.24, 2.45) is 0 Å². The van der Waals surface area contributed by atoms with Crippen LogP contribution in [0.1, 0.15) is 65.8 Å². The zero-order valence-corrected chi connectivity index (χ0v) is 22.8. The number of anilines is 1. The summed E-state index contributed by atoms with van der Waals surface area (Å²) >= 11 is 0. The highest BCUT2D eigenvalue weighted by atomic mass is 16.6. The van der Waals surface area contributed by atoms with E-state index in [-0.39, 0.29) is 78.9 Å². The zero-order chi connectivity index (χ0) is 31.9. The van der Waals surface area contributed by atoms with Crippen LogP contribution >= 0.6 is 0 Å². The van der Waals surface area contributed by atoms with E-state index in [2.05, 4.69) is 0 Å². The highest BCUT2D eigenvalue weighted by Crippen LogP contribution is 2.41. The van der Waals surface area contributed by atoms with Crippen LogP contribution in [0.25, 0.3) is 22.4 Å². The predicted molar refractivity (Wildman–Crippen MR) is 157 cm³/mol. The summed E-state index contributed by atoms with van der Waals surface area (Å²) < 4.78 is 0. The molecule has 2 aliphatic carbocycles. The number of carbonyl (C=O) groups excluding carboxylic acids is 4. The first-order valence-electron chi connectivity index (χ1n) is 13.6. The SMILES string of the molecule is O=C(O)c1cc(C2C(=O)c3cccc4c([N+](=O)[O-])ccc(c34)C2=O)cc(N2C(=O)C3=c4c(ccc([N+](=O)[O-])c4=CCC3)C2=O)c1. The number of imide groups is 1. The molecule has 0 spiro atoms. The Balaban J connectivity index is 1.40. The van der Waals surface area contributed by atoms with Crippen LogP contribution in [0.2, 0.25) is 0 Å². The molecule has 0 bridgehead atoms. The lowest BCUT2D eigenvalue weighted by molar-refractivity contribution is -0.386. The number of hydrogen-bond donors (Lipinski definition) is 1. The summed E-state index contributed by atoms with van der Waals surface area (Å²) in [4.78, 5) is 90.3. The molecule has 4 aromatic rings. The minimum absolute atomic E-state index is 0.00967. The molecule has 220 valence electrons. The summed E-state index contributed by atoms with van der Waals surface area (Å²) in [5.41, 5.74) is -1.06. The topological polar surface area (TPSA) is 195 Å². The van der Waals surface area contributed by atoms with Crippen molar-refractivity contribution in [1.82, 2.24) is 0 Å². The molecule has 0 aromatic heterocycles. The maximum atomic E-state index is 13.8. The van der Waals surface area contributed by atoms with Gasteiger partial charge in [-0.05, 0) is 54.8 Å². The number of carboxylic acid groups (broad SMARTS) is 1. The first kappa shape index (κ1) is 27.5. The Hall–Kier alpha value is -6.37. The lowest BCUT2D eigenvalue weighted by Gasteiger charge is -2.29. The van der Waals surface area contributed by atoms with Gasteiger partial charge in [-0.1, -0.05) is 18.2 Å². The third kappa shape index (κ3) is 3.83. The normalized spacial score (nSPS) is 16.8. The largest absolute Gasteiger partial charge is 0.478 e. The van der Waals surface area contributed by atoms with Crippen molar-refractivity contribution in [2.75, 3.05) is 4.90 Å². The van der Waals surface area contributed by atoms with E-state index in [1.807, 2.05) is 0 Å². The van der Waals surface area contributed by atoms with Crippen LogP contribution in [-0.2, 0) is 4.79 Å². The highest BCUT2D eigenvalue weighted by molar-refractivity contribution is 6.37.